The van der Waals surface area contributed by atoms with Gasteiger partial charge in [-0.3, -0.25) is 23.4 Å². The van der Waals surface area contributed by atoms with Crippen LogP contribution in [-0.2, 0) is 37.5 Å². The first kappa shape index (κ1) is 58.9. The first-order chi connectivity index (χ1) is 30.1. The number of carbonyl (C=O) groups is 3. The third-order valence-electron chi connectivity index (χ3n) is 10.0. The zero-order chi connectivity index (χ0) is 45.6. The highest BCUT2D eigenvalue weighted by Crippen LogP contribution is 2.43. The van der Waals surface area contributed by atoms with E-state index in [2.05, 4.69) is 48.8 Å². The maximum Gasteiger partial charge on any atom is 0.472 e. The first-order valence-electron chi connectivity index (χ1n) is 24.0. The Morgan fingerprint density at radius 2 is 0.952 bits per heavy atom. The molecule has 62 heavy (non-hydrogen) atoms. The molecule has 0 amide bonds. The number of aliphatic carboxylic acids is 1. The van der Waals surface area contributed by atoms with Crippen molar-refractivity contribution >= 4 is 25.7 Å². The van der Waals surface area contributed by atoms with Crippen LogP contribution in [0, 0.1) is 0 Å². The number of hydrogen-bond acceptors (Lipinski definition) is 9. The third-order valence-corrected chi connectivity index (χ3v) is 11.0. The molecule has 0 aliphatic carbocycles. The van der Waals surface area contributed by atoms with Gasteiger partial charge in [-0.2, -0.15) is 0 Å². The molecule has 0 saturated carbocycles. The maximum atomic E-state index is 12.6. The number of esters is 2. The molecular formula is C50H86NO10P. The third kappa shape index (κ3) is 43.6. The molecular weight excluding hydrogens is 806 g/mol. The molecule has 0 aromatic carbocycles. The molecule has 0 saturated heterocycles. The van der Waals surface area contributed by atoms with Gasteiger partial charge in [0.25, 0.3) is 0 Å². The van der Waals surface area contributed by atoms with E-state index in [1.54, 1.807) is 0 Å². The average Bonchev–Trinajstić information content (AvgIpc) is 3.25. The SMILES string of the molecule is CC/C=C/C=C/C=C/C=C/CCCCCCCC(=O)OC[C@@H](COP(=O)(O)OC[C@H](N)C(=O)O)OC(=O)CCC/C=C/CC/C=C/CCCCCCCCCCCCCCCC. The van der Waals surface area contributed by atoms with Crippen LogP contribution in [0.1, 0.15) is 194 Å². The number of unbranched alkanes of at least 4 members (excludes halogenated alkanes) is 21. The summed E-state index contributed by atoms with van der Waals surface area (Å²) in [5.74, 6) is -2.47. The Labute approximate surface area is 376 Å². The van der Waals surface area contributed by atoms with Crippen molar-refractivity contribution in [1.29, 1.82) is 0 Å². The number of hydrogen-bond donors (Lipinski definition) is 3. The Morgan fingerprint density at radius 1 is 0.516 bits per heavy atom. The Morgan fingerprint density at radius 3 is 1.50 bits per heavy atom. The van der Waals surface area contributed by atoms with Gasteiger partial charge in [-0.25, -0.2) is 4.57 Å². The fourth-order valence-electron chi connectivity index (χ4n) is 6.27. The summed E-state index contributed by atoms with van der Waals surface area (Å²) in [6, 6.07) is -1.53. The van der Waals surface area contributed by atoms with Crippen LogP contribution in [0.25, 0.3) is 0 Å². The maximum absolute atomic E-state index is 12.6. The molecule has 0 aromatic rings. The minimum Gasteiger partial charge on any atom is -0.480 e. The molecule has 0 radical (unpaired) electrons. The summed E-state index contributed by atoms with van der Waals surface area (Å²) in [7, 11) is -4.74. The number of carboxylic acid groups (broad SMARTS) is 1. The smallest absolute Gasteiger partial charge is 0.472 e. The predicted octanol–water partition coefficient (Wildman–Crippen LogP) is 13.3. The number of carbonyl (C=O) groups excluding carboxylic acids is 2. The van der Waals surface area contributed by atoms with Crippen molar-refractivity contribution in [3.63, 3.8) is 0 Å². The molecule has 0 rings (SSSR count). The van der Waals surface area contributed by atoms with E-state index in [1.165, 1.54) is 89.9 Å². The van der Waals surface area contributed by atoms with Crippen molar-refractivity contribution in [2.75, 3.05) is 19.8 Å². The number of ether oxygens (including phenoxy) is 2. The summed E-state index contributed by atoms with van der Waals surface area (Å²) in [6.07, 6.45) is 54.1. The highest BCUT2D eigenvalue weighted by Gasteiger charge is 2.28. The van der Waals surface area contributed by atoms with Gasteiger partial charge in [0.2, 0.25) is 0 Å². The van der Waals surface area contributed by atoms with Gasteiger partial charge in [0, 0.05) is 12.8 Å². The van der Waals surface area contributed by atoms with Crippen LogP contribution in [0.2, 0.25) is 0 Å². The lowest BCUT2D eigenvalue weighted by Crippen LogP contribution is -2.34. The van der Waals surface area contributed by atoms with Gasteiger partial charge in [-0.05, 0) is 64.2 Å². The van der Waals surface area contributed by atoms with Crippen LogP contribution >= 0.6 is 7.82 Å². The predicted molar refractivity (Wildman–Crippen MR) is 254 cm³/mol. The number of carboxylic acids is 1. The van der Waals surface area contributed by atoms with E-state index >= 15 is 0 Å². The van der Waals surface area contributed by atoms with E-state index < -0.39 is 51.1 Å². The minimum atomic E-state index is -4.74. The van der Waals surface area contributed by atoms with E-state index in [0.29, 0.717) is 19.3 Å². The molecule has 0 spiro atoms. The number of phosphoric acid groups is 1. The summed E-state index contributed by atoms with van der Waals surface area (Å²) < 4.78 is 32.7. The van der Waals surface area contributed by atoms with Crippen LogP contribution in [0.4, 0.5) is 0 Å². The Bertz CT molecular complexity index is 1320. The second-order valence-corrected chi connectivity index (χ2v) is 17.4. The fourth-order valence-corrected chi connectivity index (χ4v) is 7.05. The molecule has 0 fully saturated rings. The molecule has 11 nitrogen and oxygen atoms in total. The van der Waals surface area contributed by atoms with Crippen LogP contribution in [0.5, 0.6) is 0 Å². The van der Waals surface area contributed by atoms with Crippen LogP contribution in [0.3, 0.4) is 0 Å². The van der Waals surface area contributed by atoms with E-state index in [-0.39, 0.29) is 19.4 Å². The van der Waals surface area contributed by atoms with Crippen LogP contribution < -0.4 is 5.73 Å². The lowest BCUT2D eigenvalue weighted by molar-refractivity contribution is -0.161. The van der Waals surface area contributed by atoms with Crippen molar-refractivity contribution in [2.45, 2.75) is 206 Å². The Kier molecular flexibility index (Phi) is 42.3. The molecule has 356 valence electrons. The molecule has 0 aromatic heterocycles. The Hall–Kier alpha value is -3.08. The van der Waals surface area contributed by atoms with Crippen LogP contribution in [-0.4, -0.2) is 59.9 Å². The van der Waals surface area contributed by atoms with Crippen molar-refractivity contribution in [1.82, 2.24) is 0 Å². The van der Waals surface area contributed by atoms with E-state index in [4.69, 9.17) is 24.8 Å². The number of allylic oxidation sites excluding steroid dienone is 12. The van der Waals surface area contributed by atoms with E-state index in [9.17, 15) is 23.8 Å². The van der Waals surface area contributed by atoms with E-state index in [0.717, 1.165) is 57.8 Å². The topological polar surface area (TPSA) is 172 Å². The van der Waals surface area contributed by atoms with Gasteiger partial charge >= 0.3 is 25.7 Å². The van der Waals surface area contributed by atoms with Crippen molar-refractivity contribution < 1.29 is 47.5 Å². The van der Waals surface area contributed by atoms with Gasteiger partial charge in [-0.1, -0.05) is 189 Å². The molecule has 12 heteroatoms. The lowest BCUT2D eigenvalue weighted by Gasteiger charge is -2.20. The van der Waals surface area contributed by atoms with Gasteiger partial charge in [0.15, 0.2) is 6.10 Å². The summed E-state index contributed by atoms with van der Waals surface area (Å²) in [4.78, 5) is 46.0. The second-order valence-electron chi connectivity index (χ2n) is 15.9. The highest BCUT2D eigenvalue weighted by atomic mass is 31.2. The monoisotopic (exact) mass is 892 g/mol. The quantitative estimate of drug-likeness (QED) is 0.0175. The molecule has 0 aliphatic rings. The Balaban J connectivity index is 4.36. The molecule has 1 unspecified atom stereocenters. The molecule has 0 aliphatic heterocycles. The van der Waals surface area contributed by atoms with E-state index in [1.807, 2.05) is 42.5 Å². The van der Waals surface area contributed by atoms with Gasteiger partial charge in [0.05, 0.1) is 13.2 Å². The summed E-state index contributed by atoms with van der Waals surface area (Å²) in [5, 5.41) is 8.90. The number of phosphoric ester groups is 1. The molecule has 4 N–H and O–H groups in total. The molecule has 0 heterocycles. The van der Waals surface area contributed by atoms with Gasteiger partial charge < -0.3 is 25.2 Å². The largest absolute Gasteiger partial charge is 0.480 e. The van der Waals surface area contributed by atoms with Crippen molar-refractivity contribution in [2.24, 2.45) is 5.73 Å². The fraction of sp³-hybridized carbons (Fsp3) is 0.700. The van der Waals surface area contributed by atoms with Gasteiger partial charge in [-0.15, -0.1) is 0 Å². The number of rotatable bonds is 44. The highest BCUT2D eigenvalue weighted by molar-refractivity contribution is 7.47. The van der Waals surface area contributed by atoms with Crippen LogP contribution in [0.15, 0.2) is 72.9 Å². The zero-order valence-corrected chi connectivity index (χ0v) is 39.6. The molecule has 0 bridgehead atoms. The molecule has 3 atom stereocenters. The average molecular weight is 892 g/mol. The second kappa shape index (κ2) is 44.5. The normalized spacial score (nSPS) is 14.3. The zero-order valence-electron chi connectivity index (χ0n) is 38.7. The van der Waals surface area contributed by atoms with Crippen molar-refractivity contribution in [3.8, 4) is 0 Å². The lowest BCUT2D eigenvalue weighted by atomic mass is 10.0. The number of nitrogens with two attached hydrogens (primary N) is 1. The summed E-state index contributed by atoms with van der Waals surface area (Å²) in [6.45, 7) is 2.61. The van der Waals surface area contributed by atoms with Gasteiger partial charge in [0.1, 0.15) is 12.6 Å². The first-order valence-corrected chi connectivity index (χ1v) is 25.5. The summed E-state index contributed by atoms with van der Waals surface area (Å²) >= 11 is 0. The minimum absolute atomic E-state index is 0.0927. The standard InChI is InChI=1S/C50H86NO10P/c1-3-5-7-9-11-13-15-17-19-20-21-22-23-24-25-26-28-30-32-34-36-38-40-42-49(53)61-46(44-59-62(56,57)60-45-47(51)50(54)55)43-58-48(52)41-39-37-35-33-31-29-27-18-16-14-12-10-8-6-4-2/h6,8,10,12,14,16,18,26-28,34,36,46-47H,3-5,7,9,11,13,15,17,19-25,29-33,35,37-45,51H2,1-2H3,(H,54,55)(H,56,57)/b8-6+,12-10+,16-14+,27-18+,28-26+,36-34+/t46-,47-/m0/s1. The van der Waals surface area contributed by atoms with Crippen molar-refractivity contribution in [3.05, 3.63) is 72.9 Å². The summed E-state index contributed by atoms with van der Waals surface area (Å²) in [5.41, 5.74) is 5.34.